The molecule has 1 aliphatic carbocycles. The van der Waals surface area contributed by atoms with Crippen LogP contribution in [0.3, 0.4) is 0 Å². The monoisotopic (exact) mass is 315 g/mol. The molecule has 21 heavy (non-hydrogen) atoms. The van der Waals surface area contributed by atoms with E-state index in [0.717, 1.165) is 16.7 Å². The van der Waals surface area contributed by atoms with Crippen molar-refractivity contribution in [3.63, 3.8) is 0 Å². The summed E-state index contributed by atoms with van der Waals surface area (Å²) in [6.07, 6.45) is 2.52. The van der Waals surface area contributed by atoms with Gasteiger partial charge in [-0.25, -0.2) is 0 Å². The van der Waals surface area contributed by atoms with Gasteiger partial charge >= 0.3 is 0 Å². The number of aromatic nitrogens is 2. The summed E-state index contributed by atoms with van der Waals surface area (Å²) in [4.78, 5) is 0. The molecule has 1 heterocycles. The summed E-state index contributed by atoms with van der Waals surface area (Å²) in [6, 6.07) is 14.6. The molecule has 1 aliphatic rings. The van der Waals surface area contributed by atoms with Crippen LogP contribution < -0.4 is 5.32 Å². The molecule has 0 saturated heterocycles. The van der Waals surface area contributed by atoms with Gasteiger partial charge in [-0.2, -0.15) is 8.75 Å². The summed E-state index contributed by atoms with van der Waals surface area (Å²) < 4.78 is 8.68. The summed E-state index contributed by atoms with van der Waals surface area (Å²) in [5, 5.41) is 4.33. The maximum Gasteiger partial charge on any atom is 0.129 e. The molecule has 0 spiro atoms. The zero-order valence-corrected chi connectivity index (χ0v) is 12.9. The van der Waals surface area contributed by atoms with Crippen LogP contribution in [0.1, 0.15) is 24.4 Å². The summed E-state index contributed by atoms with van der Waals surface area (Å²) in [5.41, 5.74) is 3.98. The number of hydrogen-bond acceptors (Lipinski definition) is 4. The van der Waals surface area contributed by atoms with Gasteiger partial charge in [0.2, 0.25) is 0 Å². The minimum absolute atomic E-state index is 0.288. The normalized spacial score (nSPS) is 16.0. The Kier molecular flexibility index (Phi) is 3.28. The molecule has 4 rings (SSSR count). The number of hydrogen-bond donors (Lipinski definition) is 1. The molecule has 0 radical (unpaired) electrons. The van der Waals surface area contributed by atoms with Gasteiger partial charge in [0.25, 0.3) is 0 Å². The van der Waals surface area contributed by atoms with Crippen molar-refractivity contribution in [2.75, 3.05) is 5.32 Å². The van der Waals surface area contributed by atoms with Crippen molar-refractivity contribution < 1.29 is 0 Å². The maximum absolute atomic E-state index is 6.39. The van der Waals surface area contributed by atoms with Gasteiger partial charge in [0, 0.05) is 0 Å². The molecule has 2 aromatic carbocycles. The second-order valence-electron chi connectivity index (χ2n) is 5.42. The van der Waals surface area contributed by atoms with Gasteiger partial charge < -0.3 is 5.32 Å². The van der Waals surface area contributed by atoms with Crippen LogP contribution in [-0.4, -0.2) is 8.75 Å². The number of nitrogens with one attached hydrogen (secondary N) is 1. The Labute approximate surface area is 132 Å². The molecule has 3 aromatic rings. The molecule has 0 aliphatic heterocycles. The molecule has 106 valence electrons. The van der Waals surface area contributed by atoms with E-state index >= 15 is 0 Å². The van der Waals surface area contributed by atoms with Crippen LogP contribution in [0.2, 0.25) is 5.02 Å². The quantitative estimate of drug-likeness (QED) is 0.743. The second kappa shape index (κ2) is 5.28. The molecule has 3 nitrogen and oxygen atoms in total. The summed E-state index contributed by atoms with van der Waals surface area (Å²) in [6.45, 7) is 0. The highest BCUT2D eigenvalue weighted by Gasteiger charge is 2.33. The Bertz CT molecular complexity index is 768. The summed E-state index contributed by atoms with van der Waals surface area (Å²) in [7, 11) is 0. The molecule has 1 saturated carbocycles. The molecule has 1 unspecified atom stereocenters. The number of fused-ring (bicyclic) bond motifs is 1. The van der Waals surface area contributed by atoms with E-state index in [2.05, 4.69) is 38.3 Å². The third-order valence-corrected chi connectivity index (χ3v) is 4.79. The first-order valence-corrected chi connectivity index (χ1v) is 8.16. The predicted octanol–water partition coefficient (Wildman–Crippen LogP) is 4.91. The van der Waals surface area contributed by atoms with Crippen molar-refractivity contribution >= 4 is 40.0 Å². The number of rotatable bonds is 4. The van der Waals surface area contributed by atoms with Crippen molar-refractivity contribution in [2.45, 2.75) is 18.9 Å². The van der Waals surface area contributed by atoms with Gasteiger partial charge in [0.05, 0.1) is 28.5 Å². The fourth-order valence-electron chi connectivity index (χ4n) is 2.68. The topological polar surface area (TPSA) is 37.8 Å². The highest BCUT2D eigenvalue weighted by atomic mass is 35.5. The van der Waals surface area contributed by atoms with Crippen LogP contribution >= 0.6 is 23.3 Å². The second-order valence-corrected chi connectivity index (χ2v) is 6.36. The molecule has 1 aromatic heterocycles. The van der Waals surface area contributed by atoms with Crippen molar-refractivity contribution in [2.24, 2.45) is 5.92 Å². The minimum atomic E-state index is 0.288. The third kappa shape index (κ3) is 2.49. The zero-order valence-electron chi connectivity index (χ0n) is 11.3. The lowest BCUT2D eigenvalue weighted by Gasteiger charge is -2.21. The Morgan fingerprint density at radius 1 is 1.10 bits per heavy atom. The predicted molar refractivity (Wildman–Crippen MR) is 88.0 cm³/mol. The van der Waals surface area contributed by atoms with E-state index in [1.54, 1.807) is 0 Å². The first-order valence-electron chi connectivity index (χ1n) is 7.05. The smallest absolute Gasteiger partial charge is 0.129 e. The lowest BCUT2D eigenvalue weighted by molar-refractivity contribution is 0.680. The van der Waals surface area contributed by atoms with E-state index in [1.807, 2.05) is 18.2 Å². The van der Waals surface area contributed by atoms with Gasteiger partial charge in [-0.05, 0) is 36.5 Å². The van der Waals surface area contributed by atoms with Crippen LogP contribution in [0.25, 0.3) is 11.0 Å². The Morgan fingerprint density at radius 3 is 2.67 bits per heavy atom. The van der Waals surface area contributed by atoms with Crippen molar-refractivity contribution in [1.82, 2.24) is 8.75 Å². The number of nitrogens with zero attached hydrogens (tertiary/aromatic N) is 2. The number of halogens is 1. The molecular formula is C16H14ClN3S. The van der Waals surface area contributed by atoms with Gasteiger partial charge in [-0.1, -0.05) is 41.9 Å². The third-order valence-electron chi connectivity index (χ3n) is 3.93. The maximum atomic E-state index is 6.39. The molecule has 0 amide bonds. The van der Waals surface area contributed by atoms with Crippen molar-refractivity contribution in [3.8, 4) is 0 Å². The average molecular weight is 316 g/mol. The first kappa shape index (κ1) is 13.0. The minimum Gasteiger partial charge on any atom is -0.375 e. The van der Waals surface area contributed by atoms with E-state index in [1.165, 1.54) is 30.1 Å². The largest absolute Gasteiger partial charge is 0.375 e. The molecule has 0 bridgehead atoms. The van der Waals surface area contributed by atoms with Gasteiger partial charge in [-0.15, -0.1) is 0 Å². The summed E-state index contributed by atoms with van der Waals surface area (Å²) in [5.74, 6) is 0.672. The zero-order chi connectivity index (χ0) is 14.2. The highest BCUT2D eigenvalue weighted by molar-refractivity contribution is 7.00. The van der Waals surface area contributed by atoms with Crippen LogP contribution in [0, 0.1) is 5.92 Å². The van der Waals surface area contributed by atoms with E-state index in [9.17, 15) is 0 Å². The molecule has 1 N–H and O–H groups in total. The Hall–Kier alpha value is -1.65. The molecule has 1 atom stereocenters. The van der Waals surface area contributed by atoms with Crippen molar-refractivity contribution in [1.29, 1.82) is 0 Å². The number of benzene rings is 2. The lowest BCUT2D eigenvalue weighted by atomic mass is 10.0. The average Bonchev–Trinajstić information content (AvgIpc) is 3.24. The van der Waals surface area contributed by atoms with Gasteiger partial charge in [0.15, 0.2) is 0 Å². The fraction of sp³-hybridized carbons (Fsp3) is 0.250. The Morgan fingerprint density at radius 2 is 1.90 bits per heavy atom. The van der Waals surface area contributed by atoms with Crippen LogP contribution in [0.4, 0.5) is 5.69 Å². The van der Waals surface area contributed by atoms with E-state index < -0.39 is 0 Å². The number of anilines is 1. The van der Waals surface area contributed by atoms with Gasteiger partial charge in [0.1, 0.15) is 11.0 Å². The highest BCUT2D eigenvalue weighted by Crippen LogP contribution is 2.44. The Balaban J connectivity index is 1.75. The van der Waals surface area contributed by atoms with Crippen LogP contribution in [0.5, 0.6) is 0 Å². The van der Waals surface area contributed by atoms with Crippen LogP contribution in [0.15, 0.2) is 42.5 Å². The molecule has 5 heteroatoms. The van der Waals surface area contributed by atoms with E-state index in [4.69, 9.17) is 11.6 Å². The van der Waals surface area contributed by atoms with Crippen LogP contribution in [-0.2, 0) is 0 Å². The molecule has 1 fully saturated rings. The first-order chi connectivity index (χ1) is 10.3. The lowest BCUT2D eigenvalue weighted by Crippen LogP contribution is -2.13. The van der Waals surface area contributed by atoms with E-state index in [0.29, 0.717) is 10.9 Å². The standard InChI is InChI=1S/C16H14ClN3S/c17-12-8-9-13-16(20-21-19-13)15(12)18-14(11-6-7-11)10-4-2-1-3-5-10/h1-5,8-9,11,14,18H,6-7H2. The summed E-state index contributed by atoms with van der Waals surface area (Å²) >= 11 is 7.62. The van der Waals surface area contributed by atoms with Crippen molar-refractivity contribution in [3.05, 3.63) is 53.1 Å². The molecular weight excluding hydrogens is 302 g/mol. The fourth-order valence-corrected chi connectivity index (χ4v) is 3.43. The van der Waals surface area contributed by atoms with Gasteiger partial charge in [-0.3, -0.25) is 0 Å². The van der Waals surface area contributed by atoms with E-state index in [-0.39, 0.29) is 6.04 Å². The SMILES string of the molecule is Clc1ccc2nsnc2c1NC(c1ccccc1)C1CC1.